The minimum atomic E-state index is -1.21. The lowest BCUT2D eigenvalue weighted by atomic mass is 10.2. The zero-order valence-electron chi connectivity index (χ0n) is 7.79. The van der Waals surface area contributed by atoms with Gasteiger partial charge in [0.25, 0.3) is 0 Å². The molecule has 1 nitrogen and oxygen atoms in total. The van der Waals surface area contributed by atoms with Crippen LogP contribution in [0.4, 0.5) is 18.9 Å². The van der Waals surface area contributed by atoms with Crippen molar-refractivity contribution in [1.29, 1.82) is 0 Å². The number of hydrogen-bond acceptors (Lipinski definition) is 1. The normalized spacial score (nSPS) is 9.08. The molecule has 0 aliphatic carbocycles. The number of hydrogen-bond donors (Lipinski definition) is 1. The SMILES string of the molecule is CC.Cc1c(N)c(F)cc(F)c1F. The van der Waals surface area contributed by atoms with Crippen molar-refractivity contribution in [3.8, 4) is 0 Å². The van der Waals surface area contributed by atoms with Gasteiger partial charge in [-0.3, -0.25) is 0 Å². The van der Waals surface area contributed by atoms with Crippen molar-refractivity contribution in [1.82, 2.24) is 0 Å². The van der Waals surface area contributed by atoms with Crippen molar-refractivity contribution < 1.29 is 13.2 Å². The van der Waals surface area contributed by atoms with Crippen LogP contribution in [0.15, 0.2) is 6.07 Å². The van der Waals surface area contributed by atoms with Crippen LogP contribution in [0.3, 0.4) is 0 Å². The first-order valence-electron chi connectivity index (χ1n) is 3.93. The van der Waals surface area contributed by atoms with E-state index in [1.807, 2.05) is 13.8 Å². The van der Waals surface area contributed by atoms with E-state index < -0.39 is 17.5 Å². The van der Waals surface area contributed by atoms with Gasteiger partial charge in [-0.1, -0.05) is 13.8 Å². The van der Waals surface area contributed by atoms with Crippen LogP contribution in [0.1, 0.15) is 19.4 Å². The van der Waals surface area contributed by atoms with Crippen molar-refractivity contribution >= 4 is 5.69 Å². The molecule has 0 saturated carbocycles. The van der Waals surface area contributed by atoms with Crippen molar-refractivity contribution in [3.63, 3.8) is 0 Å². The summed E-state index contributed by atoms with van der Waals surface area (Å²) in [6, 6.07) is 0.428. The summed E-state index contributed by atoms with van der Waals surface area (Å²) in [5.41, 5.74) is 4.53. The van der Waals surface area contributed by atoms with Gasteiger partial charge in [-0.05, 0) is 6.92 Å². The lowest BCUT2D eigenvalue weighted by Crippen LogP contribution is -2.00. The fourth-order valence-electron chi connectivity index (χ4n) is 0.729. The highest BCUT2D eigenvalue weighted by Gasteiger charge is 2.12. The summed E-state index contributed by atoms with van der Waals surface area (Å²) in [6.07, 6.45) is 0. The average Bonchev–Trinajstić information content (AvgIpc) is 2.15. The molecule has 0 unspecified atom stereocenters. The van der Waals surface area contributed by atoms with Crippen LogP contribution < -0.4 is 5.73 Å². The first-order valence-corrected chi connectivity index (χ1v) is 3.93. The third kappa shape index (κ3) is 2.37. The van der Waals surface area contributed by atoms with Crippen molar-refractivity contribution in [2.24, 2.45) is 0 Å². The highest BCUT2D eigenvalue weighted by molar-refractivity contribution is 5.48. The summed E-state index contributed by atoms with van der Waals surface area (Å²) < 4.78 is 37.4. The molecule has 1 aromatic rings. The molecule has 1 rings (SSSR count). The largest absolute Gasteiger partial charge is 0.396 e. The number of nitrogen functional groups attached to an aromatic ring is 1. The molecule has 13 heavy (non-hydrogen) atoms. The molecule has 4 heteroatoms. The van der Waals surface area contributed by atoms with Gasteiger partial charge in [0, 0.05) is 11.6 Å². The molecule has 0 bridgehead atoms. The maximum absolute atomic E-state index is 12.5. The molecule has 0 amide bonds. The highest BCUT2D eigenvalue weighted by Crippen LogP contribution is 2.20. The second-order valence-corrected chi connectivity index (χ2v) is 2.19. The Kier molecular flexibility index (Phi) is 4.31. The van der Waals surface area contributed by atoms with E-state index in [-0.39, 0.29) is 11.3 Å². The second kappa shape index (κ2) is 4.74. The summed E-state index contributed by atoms with van der Waals surface area (Å²) in [5.74, 6) is -3.24. The van der Waals surface area contributed by atoms with Crippen molar-refractivity contribution in [3.05, 3.63) is 29.1 Å². The fraction of sp³-hybridized carbons (Fsp3) is 0.333. The highest BCUT2D eigenvalue weighted by atomic mass is 19.2. The van der Waals surface area contributed by atoms with Gasteiger partial charge >= 0.3 is 0 Å². The van der Waals surface area contributed by atoms with E-state index >= 15 is 0 Å². The Hall–Kier alpha value is -1.19. The maximum atomic E-state index is 12.5. The van der Waals surface area contributed by atoms with Gasteiger partial charge < -0.3 is 5.73 Å². The number of halogens is 3. The number of rotatable bonds is 0. The first-order chi connectivity index (χ1) is 6.04. The molecule has 0 aromatic heterocycles. The van der Waals surface area contributed by atoms with Gasteiger partial charge in [0.05, 0.1) is 5.69 Å². The number of nitrogens with two attached hydrogens (primary N) is 1. The van der Waals surface area contributed by atoms with Crippen LogP contribution in [0, 0.1) is 24.4 Å². The summed E-state index contributed by atoms with van der Waals surface area (Å²) in [4.78, 5) is 0. The molecule has 74 valence electrons. The van der Waals surface area contributed by atoms with Gasteiger partial charge in [0.15, 0.2) is 11.6 Å². The molecule has 0 radical (unpaired) electrons. The minimum Gasteiger partial charge on any atom is -0.396 e. The zero-order chi connectivity index (χ0) is 10.6. The summed E-state index contributed by atoms with van der Waals surface area (Å²) in [6.45, 7) is 5.22. The van der Waals surface area contributed by atoms with E-state index in [2.05, 4.69) is 0 Å². The number of anilines is 1. The molecule has 0 aliphatic heterocycles. The van der Waals surface area contributed by atoms with E-state index in [9.17, 15) is 13.2 Å². The third-order valence-corrected chi connectivity index (χ3v) is 1.45. The van der Waals surface area contributed by atoms with Crippen LogP contribution in [0.2, 0.25) is 0 Å². The summed E-state index contributed by atoms with van der Waals surface area (Å²) >= 11 is 0. The van der Waals surface area contributed by atoms with Gasteiger partial charge in [-0.2, -0.15) is 0 Å². The summed E-state index contributed by atoms with van der Waals surface area (Å²) in [5, 5.41) is 0. The zero-order valence-corrected chi connectivity index (χ0v) is 7.79. The first kappa shape index (κ1) is 11.8. The minimum absolute atomic E-state index is 0.192. The van der Waals surface area contributed by atoms with Crippen LogP contribution >= 0.6 is 0 Å². The van der Waals surface area contributed by atoms with E-state index in [0.29, 0.717) is 6.07 Å². The monoisotopic (exact) mass is 191 g/mol. The van der Waals surface area contributed by atoms with E-state index in [4.69, 9.17) is 5.73 Å². The van der Waals surface area contributed by atoms with Gasteiger partial charge in [-0.15, -0.1) is 0 Å². The topological polar surface area (TPSA) is 26.0 Å². The molecular weight excluding hydrogens is 179 g/mol. The predicted molar refractivity (Wildman–Crippen MR) is 46.8 cm³/mol. The molecule has 0 spiro atoms. The predicted octanol–water partition coefficient (Wildman–Crippen LogP) is 3.02. The van der Waals surface area contributed by atoms with Crippen LogP contribution in [-0.2, 0) is 0 Å². The Bertz CT molecular complexity index is 271. The van der Waals surface area contributed by atoms with Gasteiger partial charge in [-0.25, -0.2) is 13.2 Å². The van der Waals surface area contributed by atoms with Gasteiger partial charge in [0.2, 0.25) is 0 Å². The van der Waals surface area contributed by atoms with Crippen molar-refractivity contribution in [2.45, 2.75) is 20.8 Å². The Morgan fingerprint density at radius 3 is 2.00 bits per heavy atom. The molecule has 0 saturated heterocycles. The Morgan fingerprint density at radius 2 is 1.54 bits per heavy atom. The van der Waals surface area contributed by atoms with E-state index in [1.165, 1.54) is 6.92 Å². The molecule has 1 aromatic carbocycles. The molecule has 2 N–H and O–H groups in total. The molecule has 0 fully saturated rings. The second-order valence-electron chi connectivity index (χ2n) is 2.19. The fourth-order valence-corrected chi connectivity index (χ4v) is 0.729. The van der Waals surface area contributed by atoms with Crippen LogP contribution in [-0.4, -0.2) is 0 Å². The quantitative estimate of drug-likeness (QED) is 0.495. The molecule has 0 aliphatic rings. The Labute approximate surface area is 75.4 Å². The maximum Gasteiger partial charge on any atom is 0.163 e. The lowest BCUT2D eigenvalue weighted by molar-refractivity contribution is 0.491. The van der Waals surface area contributed by atoms with E-state index in [0.717, 1.165) is 0 Å². The van der Waals surface area contributed by atoms with E-state index in [1.54, 1.807) is 0 Å². The molecule has 0 heterocycles. The lowest BCUT2D eigenvalue weighted by Gasteiger charge is -2.02. The van der Waals surface area contributed by atoms with Crippen LogP contribution in [0.25, 0.3) is 0 Å². The van der Waals surface area contributed by atoms with Gasteiger partial charge in [0.1, 0.15) is 5.82 Å². The Morgan fingerprint density at radius 1 is 1.08 bits per heavy atom. The third-order valence-electron chi connectivity index (χ3n) is 1.45. The summed E-state index contributed by atoms with van der Waals surface area (Å²) in [7, 11) is 0. The standard InChI is InChI=1S/C7H6F3N.C2H6/c1-3-6(10)4(8)2-5(9)7(3)11;1-2/h2H,11H2,1H3;1-2H3. The number of benzene rings is 1. The smallest absolute Gasteiger partial charge is 0.163 e. The Balaban J connectivity index is 0.000000671. The molecule has 0 atom stereocenters. The van der Waals surface area contributed by atoms with Crippen molar-refractivity contribution in [2.75, 3.05) is 5.73 Å². The van der Waals surface area contributed by atoms with Crippen LogP contribution in [0.5, 0.6) is 0 Å². The average molecular weight is 191 g/mol. The molecular formula is C9H12F3N.